The average Bonchev–Trinajstić information content (AvgIpc) is 2.84. The van der Waals surface area contributed by atoms with Gasteiger partial charge in [-0.1, -0.05) is 31.0 Å². The molecule has 18 heavy (non-hydrogen) atoms. The van der Waals surface area contributed by atoms with E-state index in [-0.39, 0.29) is 0 Å². The van der Waals surface area contributed by atoms with Crippen LogP contribution in [0.15, 0.2) is 28.7 Å². The molecule has 2 heteroatoms. The number of aryl methyl sites for hydroxylation is 1. The Bertz CT molecular complexity index is 543. The summed E-state index contributed by atoms with van der Waals surface area (Å²) in [6, 6.07) is 9.17. The second-order valence-electron chi connectivity index (χ2n) is 5.43. The normalized spacial score (nSPS) is 24.6. The van der Waals surface area contributed by atoms with E-state index in [9.17, 15) is 0 Å². The van der Waals surface area contributed by atoms with Crippen LogP contribution in [0, 0.1) is 6.92 Å². The van der Waals surface area contributed by atoms with Crippen molar-refractivity contribution in [1.82, 2.24) is 5.32 Å². The quantitative estimate of drug-likeness (QED) is 0.862. The zero-order chi connectivity index (χ0) is 12.5. The highest BCUT2D eigenvalue weighted by Gasteiger charge is 2.28. The highest BCUT2D eigenvalue weighted by molar-refractivity contribution is 5.81. The van der Waals surface area contributed by atoms with Crippen molar-refractivity contribution in [2.45, 2.75) is 44.6 Å². The molecule has 1 aromatic carbocycles. The zero-order valence-electron chi connectivity index (χ0n) is 11.2. The summed E-state index contributed by atoms with van der Waals surface area (Å²) in [5, 5.41) is 4.69. The van der Waals surface area contributed by atoms with Crippen molar-refractivity contribution in [1.29, 1.82) is 0 Å². The summed E-state index contributed by atoms with van der Waals surface area (Å²) in [5.74, 6) is 1.70. The molecule has 0 radical (unpaired) electrons. The monoisotopic (exact) mass is 243 g/mol. The van der Waals surface area contributed by atoms with Gasteiger partial charge < -0.3 is 9.73 Å². The van der Waals surface area contributed by atoms with Crippen LogP contribution in [0.1, 0.15) is 42.9 Å². The van der Waals surface area contributed by atoms with E-state index in [1.165, 1.54) is 42.4 Å². The molecule has 2 nitrogen and oxygen atoms in total. The number of para-hydroxylation sites is 1. The Hall–Kier alpha value is -1.28. The van der Waals surface area contributed by atoms with Crippen molar-refractivity contribution in [2.75, 3.05) is 7.05 Å². The first-order valence-electron chi connectivity index (χ1n) is 6.96. The molecular weight excluding hydrogens is 222 g/mol. The molecule has 1 aliphatic rings. The number of fused-ring (bicyclic) bond motifs is 1. The van der Waals surface area contributed by atoms with Gasteiger partial charge in [0.2, 0.25) is 0 Å². The molecule has 1 heterocycles. The van der Waals surface area contributed by atoms with Crippen LogP contribution < -0.4 is 5.32 Å². The van der Waals surface area contributed by atoms with E-state index in [0.717, 1.165) is 5.58 Å². The zero-order valence-corrected chi connectivity index (χ0v) is 11.2. The van der Waals surface area contributed by atoms with Gasteiger partial charge in [0, 0.05) is 17.3 Å². The number of nitrogens with one attached hydrogen (secondary N) is 1. The fourth-order valence-electron chi connectivity index (χ4n) is 3.23. The molecule has 2 atom stereocenters. The topological polar surface area (TPSA) is 25.2 Å². The lowest BCUT2D eigenvalue weighted by molar-refractivity contribution is 0.309. The largest absolute Gasteiger partial charge is 0.460 e. The molecule has 1 saturated carbocycles. The number of hydrogen-bond donors (Lipinski definition) is 1. The number of benzene rings is 1. The summed E-state index contributed by atoms with van der Waals surface area (Å²) in [7, 11) is 2.07. The van der Waals surface area contributed by atoms with Gasteiger partial charge in [0.1, 0.15) is 11.3 Å². The predicted octanol–water partition coefficient (Wildman–Crippen LogP) is 3.99. The lowest BCUT2D eigenvalue weighted by atomic mass is 9.83. The Balaban J connectivity index is 2.00. The van der Waals surface area contributed by atoms with Gasteiger partial charge in [-0.05, 0) is 38.4 Å². The van der Waals surface area contributed by atoms with Gasteiger partial charge in [-0.15, -0.1) is 0 Å². The summed E-state index contributed by atoms with van der Waals surface area (Å²) in [4.78, 5) is 0. The van der Waals surface area contributed by atoms with Crippen molar-refractivity contribution in [3.05, 3.63) is 35.6 Å². The molecule has 3 rings (SSSR count). The fourth-order valence-corrected chi connectivity index (χ4v) is 3.23. The number of hydrogen-bond acceptors (Lipinski definition) is 2. The summed E-state index contributed by atoms with van der Waals surface area (Å²) in [5.41, 5.74) is 2.29. The molecule has 96 valence electrons. The molecule has 0 aliphatic heterocycles. The molecule has 1 fully saturated rings. The third kappa shape index (κ3) is 1.95. The van der Waals surface area contributed by atoms with Crippen LogP contribution in [-0.2, 0) is 0 Å². The minimum atomic E-state index is 0.538. The van der Waals surface area contributed by atoms with Gasteiger partial charge in [0.05, 0.1) is 0 Å². The smallest absolute Gasteiger partial charge is 0.137 e. The Labute approximate surface area is 108 Å². The number of likely N-dealkylation sites (N-methyl/N-ethyl adjacent to an activating group) is 1. The SMILES string of the molecule is CNC1CCCCC1c1cc2cccc(C)c2o1. The molecular formula is C16H21NO. The summed E-state index contributed by atoms with van der Waals surface area (Å²) in [6.07, 6.45) is 5.15. The molecule has 1 N–H and O–H groups in total. The van der Waals surface area contributed by atoms with E-state index >= 15 is 0 Å². The summed E-state index contributed by atoms with van der Waals surface area (Å²) in [6.45, 7) is 2.12. The first-order chi connectivity index (χ1) is 8.79. The number of furan rings is 1. The molecule has 1 aliphatic carbocycles. The molecule has 1 aromatic heterocycles. The molecule has 2 unspecified atom stereocenters. The molecule has 2 aromatic rings. The minimum absolute atomic E-state index is 0.538. The molecule has 0 saturated heterocycles. The maximum atomic E-state index is 6.13. The van der Waals surface area contributed by atoms with Gasteiger partial charge in [-0.25, -0.2) is 0 Å². The second kappa shape index (κ2) is 4.77. The first-order valence-corrected chi connectivity index (χ1v) is 6.96. The third-order valence-corrected chi connectivity index (χ3v) is 4.26. The standard InChI is InChI=1S/C16H21NO/c1-11-6-5-7-12-10-15(18-16(11)12)13-8-3-4-9-14(13)17-2/h5-7,10,13-14,17H,3-4,8-9H2,1-2H3. The van der Waals surface area contributed by atoms with E-state index in [1.807, 2.05) is 0 Å². The van der Waals surface area contributed by atoms with E-state index in [0.29, 0.717) is 12.0 Å². The lowest BCUT2D eigenvalue weighted by Crippen LogP contribution is -2.34. The average molecular weight is 243 g/mol. The van der Waals surface area contributed by atoms with Crippen molar-refractivity contribution in [3.63, 3.8) is 0 Å². The van der Waals surface area contributed by atoms with Crippen molar-refractivity contribution >= 4 is 11.0 Å². The van der Waals surface area contributed by atoms with Gasteiger partial charge in [-0.2, -0.15) is 0 Å². The fraction of sp³-hybridized carbons (Fsp3) is 0.500. The Kier molecular flexibility index (Phi) is 3.13. The van der Waals surface area contributed by atoms with Crippen molar-refractivity contribution in [2.24, 2.45) is 0 Å². The van der Waals surface area contributed by atoms with Crippen molar-refractivity contribution < 1.29 is 4.42 Å². The summed E-state index contributed by atoms with van der Waals surface area (Å²) < 4.78 is 6.13. The van der Waals surface area contributed by atoms with Crippen LogP contribution >= 0.6 is 0 Å². The van der Waals surface area contributed by atoms with E-state index in [1.54, 1.807) is 0 Å². The first kappa shape index (κ1) is 11.8. The Morgan fingerprint density at radius 1 is 1.22 bits per heavy atom. The van der Waals surface area contributed by atoms with Gasteiger partial charge in [0.15, 0.2) is 0 Å². The minimum Gasteiger partial charge on any atom is -0.460 e. The maximum absolute atomic E-state index is 6.13. The van der Waals surface area contributed by atoms with E-state index < -0.39 is 0 Å². The van der Waals surface area contributed by atoms with Crippen LogP contribution in [0.5, 0.6) is 0 Å². The third-order valence-electron chi connectivity index (χ3n) is 4.26. The van der Waals surface area contributed by atoms with E-state index in [4.69, 9.17) is 4.42 Å². The van der Waals surface area contributed by atoms with Crippen LogP contribution in [0.3, 0.4) is 0 Å². The molecule has 0 bridgehead atoms. The van der Waals surface area contributed by atoms with Crippen LogP contribution in [0.2, 0.25) is 0 Å². The summed E-state index contributed by atoms with van der Waals surface area (Å²) >= 11 is 0. The van der Waals surface area contributed by atoms with Gasteiger partial charge in [0.25, 0.3) is 0 Å². The molecule has 0 amide bonds. The van der Waals surface area contributed by atoms with Crippen LogP contribution in [-0.4, -0.2) is 13.1 Å². The Morgan fingerprint density at radius 3 is 2.83 bits per heavy atom. The van der Waals surface area contributed by atoms with E-state index in [2.05, 4.69) is 43.6 Å². The van der Waals surface area contributed by atoms with Crippen LogP contribution in [0.25, 0.3) is 11.0 Å². The van der Waals surface area contributed by atoms with Crippen molar-refractivity contribution in [3.8, 4) is 0 Å². The lowest BCUT2D eigenvalue weighted by Gasteiger charge is -2.29. The molecule has 0 spiro atoms. The number of rotatable bonds is 2. The predicted molar refractivity (Wildman–Crippen MR) is 75.0 cm³/mol. The second-order valence-corrected chi connectivity index (χ2v) is 5.43. The highest BCUT2D eigenvalue weighted by atomic mass is 16.3. The van der Waals surface area contributed by atoms with Gasteiger partial charge >= 0.3 is 0 Å². The Morgan fingerprint density at radius 2 is 2.06 bits per heavy atom. The van der Waals surface area contributed by atoms with Crippen LogP contribution in [0.4, 0.5) is 0 Å². The van der Waals surface area contributed by atoms with Gasteiger partial charge in [-0.3, -0.25) is 0 Å². The maximum Gasteiger partial charge on any atom is 0.137 e. The highest BCUT2D eigenvalue weighted by Crippen LogP contribution is 2.36.